The first-order valence-electron chi connectivity index (χ1n) is 13.7. The summed E-state index contributed by atoms with van der Waals surface area (Å²) in [5, 5.41) is 18.2. The molecule has 1 aliphatic carbocycles. The standard InChI is InChI=1S/C30H39N5O3/c1-30(37)15-7-6-13-26(30)35-21-33-27(28(35)22-9-4-3-5-10-22)29(36)34-18-17-31-20-24(34)14-16-32-23-11-8-12-25(19-23)38-2/h3-5,8-12,19,21,24,26,31-32,37H,6-7,13-18,20H2,1-2H3/t24-,26-,30+/m1/s1. The van der Waals surface area contributed by atoms with Crippen molar-refractivity contribution in [1.82, 2.24) is 19.8 Å². The van der Waals surface area contributed by atoms with E-state index < -0.39 is 5.60 Å². The lowest BCUT2D eigenvalue weighted by Gasteiger charge is -2.39. The molecule has 0 unspecified atom stereocenters. The lowest BCUT2D eigenvalue weighted by molar-refractivity contribution is -0.0243. The van der Waals surface area contributed by atoms with Gasteiger partial charge in [-0.2, -0.15) is 0 Å². The third kappa shape index (κ3) is 5.56. The van der Waals surface area contributed by atoms with Crippen molar-refractivity contribution in [2.24, 2.45) is 0 Å². The fourth-order valence-electron chi connectivity index (χ4n) is 5.91. The predicted molar refractivity (Wildman–Crippen MR) is 150 cm³/mol. The maximum Gasteiger partial charge on any atom is 0.275 e. The second-order valence-electron chi connectivity index (χ2n) is 10.6. The van der Waals surface area contributed by atoms with Gasteiger partial charge in [-0.05, 0) is 38.3 Å². The average molecular weight is 518 g/mol. The maximum absolute atomic E-state index is 14.1. The first-order chi connectivity index (χ1) is 18.5. The van der Waals surface area contributed by atoms with Crippen LogP contribution in [0.4, 0.5) is 5.69 Å². The van der Waals surface area contributed by atoms with E-state index in [1.165, 1.54) is 0 Å². The summed E-state index contributed by atoms with van der Waals surface area (Å²) in [6, 6.07) is 17.8. The van der Waals surface area contributed by atoms with Gasteiger partial charge >= 0.3 is 0 Å². The van der Waals surface area contributed by atoms with Gasteiger partial charge in [0.2, 0.25) is 0 Å². The predicted octanol–water partition coefficient (Wildman–Crippen LogP) is 4.34. The number of imidazole rings is 1. The van der Waals surface area contributed by atoms with Gasteiger partial charge in [-0.1, -0.05) is 49.2 Å². The van der Waals surface area contributed by atoms with E-state index in [-0.39, 0.29) is 18.0 Å². The van der Waals surface area contributed by atoms with Crippen molar-refractivity contribution in [3.05, 3.63) is 66.6 Å². The minimum absolute atomic E-state index is 0.0425. The van der Waals surface area contributed by atoms with Crippen LogP contribution >= 0.6 is 0 Å². The monoisotopic (exact) mass is 517 g/mol. The Labute approximate surface area is 225 Å². The minimum atomic E-state index is -0.841. The van der Waals surface area contributed by atoms with Crippen molar-refractivity contribution in [2.45, 2.75) is 56.7 Å². The Morgan fingerprint density at radius 3 is 2.84 bits per heavy atom. The van der Waals surface area contributed by atoms with E-state index in [4.69, 9.17) is 9.72 Å². The van der Waals surface area contributed by atoms with Crippen LogP contribution in [0.1, 0.15) is 55.6 Å². The van der Waals surface area contributed by atoms with E-state index >= 15 is 0 Å². The third-order valence-corrected chi connectivity index (χ3v) is 8.00. The third-order valence-electron chi connectivity index (χ3n) is 8.00. The molecule has 8 heteroatoms. The zero-order chi connectivity index (χ0) is 26.5. The number of benzene rings is 2. The number of aromatic nitrogens is 2. The summed E-state index contributed by atoms with van der Waals surface area (Å²) in [4.78, 5) is 20.8. The molecule has 1 aliphatic heterocycles. The van der Waals surface area contributed by atoms with Crippen LogP contribution in [0.25, 0.3) is 11.3 Å². The summed E-state index contributed by atoms with van der Waals surface area (Å²) in [6.45, 7) is 4.77. The molecule has 2 aromatic carbocycles. The van der Waals surface area contributed by atoms with Gasteiger partial charge in [0.25, 0.3) is 5.91 Å². The highest BCUT2D eigenvalue weighted by Crippen LogP contribution is 2.40. The highest BCUT2D eigenvalue weighted by molar-refractivity contribution is 5.98. The van der Waals surface area contributed by atoms with Crippen LogP contribution in [0.15, 0.2) is 60.9 Å². The summed E-state index contributed by atoms with van der Waals surface area (Å²) >= 11 is 0. The van der Waals surface area contributed by atoms with Crippen LogP contribution in [0.2, 0.25) is 0 Å². The molecule has 3 N–H and O–H groups in total. The Bertz CT molecular complexity index is 1230. The fourth-order valence-corrected chi connectivity index (χ4v) is 5.91. The van der Waals surface area contributed by atoms with Gasteiger partial charge in [-0.25, -0.2) is 4.98 Å². The molecule has 2 aliphatic rings. The number of hydrogen-bond donors (Lipinski definition) is 3. The van der Waals surface area contributed by atoms with Gasteiger partial charge in [-0.3, -0.25) is 4.79 Å². The molecule has 1 saturated heterocycles. The number of aliphatic hydroxyl groups is 1. The second kappa shape index (κ2) is 11.6. The molecule has 5 rings (SSSR count). The molecular formula is C30H39N5O3. The number of methoxy groups -OCH3 is 1. The Morgan fingerprint density at radius 1 is 1.21 bits per heavy atom. The van der Waals surface area contributed by atoms with Crippen molar-refractivity contribution in [3.63, 3.8) is 0 Å². The van der Waals surface area contributed by atoms with Gasteiger partial charge < -0.3 is 29.9 Å². The smallest absolute Gasteiger partial charge is 0.275 e. The Hall–Kier alpha value is -3.36. The molecule has 2 fully saturated rings. The summed E-state index contributed by atoms with van der Waals surface area (Å²) in [7, 11) is 1.66. The van der Waals surface area contributed by atoms with Crippen molar-refractivity contribution in [3.8, 4) is 17.0 Å². The number of nitrogens with one attached hydrogen (secondary N) is 2. The van der Waals surface area contributed by atoms with Gasteiger partial charge in [0, 0.05) is 49.5 Å². The quantitative estimate of drug-likeness (QED) is 0.412. The largest absolute Gasteiger partial charge is 0.497 e. The number of nitrogens with zero attached hydrogens (tertiary/aromatic N) is 3. The normalized spacial score (nSPS) is 23.7. The SMILES string of the molecule is COc1cccc(NCC[C@@H]2CNCCN2C(=O)c2ncn([C@@H]3CCCC[C@]3(C)O)c2-c2ccccc2)c1. The molecule has 0 bridgehead atoms. The maximum atomic E-state index is 14.1. The molecule has 1 amide bonds. The molecule has 38 heavy (non-hydrogen) atoms. The molecule has 1 saturated carbocycles. The minimum Gasteiger partial charge on any atom is -0.497 e. The first-order valence-corrected chi connectivity index (χ1v) is 13.7. The van der Waals surface area contributed by atoms with Gasteiger partial charge in [0.15, 0.2) is 5.69 Å². The van der Waals surface area contributed by atoms with Crippen LogP contribution in [0.5, 0.6) is 5.75 Å². The highest BCUT2D eigenvalue weighted by atomic mass is 16.5. The summed E-state index contributed by atoms with van der Waals surface area (Å²) < 4.78 is 7.39. The molecule has 0 radical (unpaired) electrons. The average Bonchev–Trinajstić information content (AvgIpc) is 3.38. The number of rotatable bonds is 8. The van der Waals surface area contributed by atoms with E-state index in [0.717, 1.165) is 74.4 Å². The van der Waals surface area contributed by atoms with E-state index in [9.17, 15) is 9.90 Å². The van der Waals surface area contributed by atoms with Crippen LogP contribution in [0.3, 0.4) is 0 Å². The molecule has 8 nitrogen and oxygen atoms in total. The van der Waals surface area contributed by atoms with Crippen LogP contribution in [-0.2, 0) is 0 Å². The Morgan fingerprint density at radius 2 is 2.05 bits per heavy atom. The molecule has 1 aromatic heterocycles. The number of hydrogen-bond acceptors (Lipinski definition) is 6. The number of anilines is 1. The zero-order valence-electron chi connectivity index (χ0n) is 22.4. The van der Waals surface area contributed by atoms with E-state index in [0.29, 0.717) is 12.2 Å². The fraction of sp³-hybridized carbons (Fsp3) is 0.467. The molecule has 0 spiro atoms. The molecule has 3 atom stereocenters. The molecule has 202 valence electrons. The topological polar surface area (TPSA) is 91.7 Å². The number of carbonyl (C=O) groups is 1. The number of ether oxygens (including phenoxy) is 1. The Balaban J connectivity index is 1.39. The molecule has 2 heterocycles. The van der Waals surface area contributed by atoms with Gasteiger partial charge in [0.1, 0.15) is 5.75 Å². The number of piperazine rings is 1. The van der Waals surface area contributed by atoms with Gasteiger partial charge in [0.05, 0.1) is 30.8 Å². The summed E-state index contributed by atoms with van der Waals surface area (Å²) in [5.74, 6) is 0.762. The number of carbonyl (C=O) groups excluding carboxylic acids is 1. The van der Waals surface area contributed by atoms with Crippen molar-refractivity contribution in [1.29, 1.82) is 0 Å². The lowest BCUT2D eigenvalue weighted by atomic mass is 9.81. The lowest BCUT2D eigenvalue weighted by Crippen LogP contribution is -2.54. The van der Waals surface area contributed by atoms with Crippen LogP contribution < -0.4 is 15.4 Å². The van der Waals surface area contributed by atoms with Crippen LogP contribution in [-0.4, -0.2) is 70.4 Å². The van der Waals surface area contributed by atoms with Crippen molar-refractivity contribution >= 4 is 11.6 Å². The second-order valence-corrected chi connectivity index (χ2v) is 10.6. The number of amides is 1. The molecular weight excluding hydrogens is 478 g/mol. The van der Waals surface area contributed by atoms with Crippen LogP contribution in [0, 0.1) is 0 Å². The summed E-state index contributed by atoms with van der Waals surface area (Å²) in [5.41, 5.74) is 2.36. The van der Waals surface area contributed by atoms with Crippen molar-refractivity contribution < 1.29 is 14.6 Å². The Kier molecular flexibility index (Phi) is 8.00. The van der Waals surface area contributed by atoms with E-state index in [1.54, 1.807) is 13.4 Å². The zero-order valence-corrected chi connectivity index (χ0v) is 22.4. The highest BCUT2D eigenvalue weighted by Gasteiger charge is 2.39. The first kappa shape index (κ1) is 26.3. The van der Waals surface area contributed by atoms with Gasteiger partial charge in [-0.15, -0.1) is 0 Å². The van der Waals surface area contributed by atoms with Crippen molar-refractivity contribution in [2.75, 3.05) is 38.6 Å². The molecule has 3 aromatic rings. The van der Waals surface area contributed by atoms with E-state index in [1.807, 2.05) is 66.4 Å². The summed E-state index contributed by atoms with van der Waals surface area (Å²) in [6.07, 6.45) is 6.24. The van der Waals surface area contributed by atoms with E-state index in [2.05, 4.69) is 15.2 Å².